The molecule has 0 spiro atoms. The van der Waals surface area contributed by atoms with E-state index in [1.807, 2.05) is 0 Å². The summed E-state index contributed by atoms with van der Waals surface area (Å²) in [6, 6.07) is -0.716. The fourth-order valence-electron chi connectivity index (χ4n) is 0.632. The molecular weight excluding hydrogens is 171 g/mol. The van der Waals surface area contributed by atoms with Crippen LogP contribution in [0.2, 0.25) is 0 Å². The normalized spacial score (nSPS) is 11.8. The predicted molar refractivity (Wildman–Crippen MR) is 44.3 cm³/mol. The Labute approximate surface area is 109 Å². The molecule has 0 aromatic carbocycles. The second kappa shape index (κ2) is 9.12. The summed E-state index contributed by atoms with van der Waals surface area (Å²) in [7, 11) is 0. The SMILES string of the molecule is NCCCC[C@H](N)C(=O)O.[K]. The fraction of sp³-hybridized carbons (Fsp3) is 0.833. The monoisotopic (exact) mass is 185 g/mol. The summed E-state index contributed by atoms with van der Waals surface area (Å²) in [5.74, 6) is -0.933. The van der Waals surface area contributed by atoms with Gasteiger partial charge >= 0.3 is 5.97 Å². The molecule has 0 unspecified atom stereocenters. The van der Waals surface area contributed by atoms with Crippen LogP contribution in [0.4, 0.5) is 0 Å². The van der Waals surface area contributed by atoms with Crippen LogP contribution in [0.15, 0.2) is 0 Å². The van der Waals surface area contributed by atoms with E-state index >= 15 is 0 Å². The summed E-state index contributed by atoms with van der Waals surface area (Å²) >= 11 is 0. The molecule has 0 aliphatic heterocycles. The van der Waals surface area contributed by atoms with Gasteiger partial charge in [-0.05, 0) is 19.4 Å². The Morgan fingerprint density at radius 1 is 1.45 bits per heavy atom. The van der Waals surface area contributed by atoms with Gasteiger partial charge in [0.2, 0.25) is 0 Å². The first-order valence-electron chi connectivity index (χ1n) is 3.37. The van der Waals surface area contributed by atoms with Crippen molar-refractivity contribution in [2.24, 2.45) is 11.5 Å². The zero-order valence-corrected chi connectivity index (χ0v) is 10.0. The van der Waals surface area contributed by atoms with E-state index in [9.17, 15) is 4.79 Å². The Bertz CT molecular complexity index is 111. The van der Waals surface area contributed by atoms with Gasteiger partial charge in [-0.15, -0.1) is 0 Å². The Morgan fingerprint density at radius 3 is 2.36 bits per heavy atom. The van der Waals surface area contributed by atoms with Crippen molar-refractivity contribution in [3.8, 4) is 0 Å². The second-order valence-corrected chi connectivity index (χ2v) is 2.23. The molecule has 5 heteroatoms. The Balaban J connectivity index is 0. The van der Waals surface area contributed by atoms with Gasteiger partial charge in [-0.1, -0.05) is 6.42 Å². The largest absolute Gasteiger partial charge is 0.480 e. The molecule has 11 heavy (non-hydrogen) atoms. The molecule has 1 radical (unpaired) electrons. The van der Waals surface area contributed by atoms with E-state index in [0.29, 0.717) is 13.0 Å². The Kier molecular flexibility index (Phi) is 12.1. The number of rotatable bonds is 5. The van der Waals surface area contributed by atoms with Crippen molar-refractivity contribution in [1.29, 1.82) is 0 Å². The standard InChI is InChI=1S/C6H14N2O2.K/c7-4-2-1-3-5(8)6(9)10;/h5H,1-4,7-8H2,(H,9,10);/t5-;/m0./s1. The molecule has 0 aromatic heterocycles. The van der Waals surface area contributed by atoms with Crippen molar-refractivity contribution in [3.63, 3.8) is 0 Å². The number of unbranched alkanes of at least 4 members (excludes halogenated alkanes) is 1. The van der Waals surface area contributed by atoms with Gasteiger partial charge in [0.05, 0.1) is 0 Å². The minimum Gasteiger partial charge on any atom is -0.480 e. The fourth-order valence-corrected chi connectivity index (χ4v) is 0.632. The van der Waals surface area contributed by atoms with Gasteiger partial charge in [0.25, 0.3) is 0 Å². The Hall–Kier alpha value is 1.03. The molecule has 0 aliphatic carbocycles. The maximum Gasteiger partial charge on any atom is 0.320 e. The second-order valence-electron chi connectivity index (χ2n) is 2.23. The van der Waals surface area contributed by atoms with Crippen molar-refractivity contribution in [3.05, 3.63) is 0 Å². The summed E-state index contributed by atoms with van der Waals surface area (Å²) in [4.78, 5) is 10.1. The average Bonchev–Trinajstić information content (AvgIpc) is 1.88. The Morgan fingerprint density at radius 2 is 2.00 bits per heavy atom. The molecule has 0 amide bonds. The number of carbonyl (C=O) groups is 1. The summed E-state index contributed by atoms with van der Waals surface area (Å²) in [5, 5.41) is 8.33. The van der Waals surface area contributed by atoms with Gasteiger partial charge in [-0.25, -0.2) is 0 Å². The van der Waals surface area contributed by atoms with Crippen LogP contribution in [0.5, 0.6) is 0 Å². The summed E-state index contributed by atoms with van der Waals surface area (Å²) < 4.78 is 0. The molecule has 0 fully saturated rings. The molecule has 5 N–H and O–H groups in total. The van der Waals surface area contributed by atoms with Crippen LogP contribution in [-0.4, -0.2) is 75.0 Å². The molecule has 0 bridgehead atoms. The third kappa shape index (κ3) is 8.94. The van der Waals surface area contributed by atoms with E-state index in [1.165, 1.54) is 0 Å². The van der Waals surface area contributed by atoms with Crippen LogP contribution in [0.25, 0.3) is 0 Å². The number of aliphatic carboxylic acids is 1. The third-order valence-corrected chi connectivity index (χ3v) is 1.29. The number of nitrogens with two attached hydrogens (primary N) is 2. The molecule has 0 rings (SSSR count). The smallest absolute Gasteiger partial charge is 0.320 e. The molecule has 61 valence electrons. The zero-order chi connectivity index (χ0) is 7.98. The van der Waals surface area contributed by atoms with E-state index in [-0.39, 0.29) is 51.4 Å². The third-order valence-electron chi connectivity index (χ3n) is 1.29. The molecule has 1 atom stereocenters. The van der Waals surface area contributed by atoms with Crippen molar-refractivity contribution < 1.29 is 9.90 Å². The quantitative estimate of drug-likeness (QED) is 0.384. The van der Waals surface area contributed by atoms with Gasteiger partial charge in [-0.2, -0.15) is 0 Å². The minimum absolute atomic E-state index is 0. The van der Waals surface area contributed by atoms with E-state index in [4.69, 9.17) is 16.6 Å². The van der Waals surface area contributed by atoms with Crippen molar-refractivity contribution in [2.45, 2.75) is 25.3 Å². The van der Waals surface area contributed by atoms with Crippen LogP contribution >= 0.6 is 0 Å². The van der Waals surface area contributed by atoms with Gasteiger partial charge in [0, 0.05) is 51.4 Å². The van der Waals surface area contributed by atoms with E-state index in [2.05, 4.69) is 0 Å². The number of hydrogen-bond acceptors (Lipinski definition) is 3. The first-order chi connectivity index (χ1) is 4.68. The molecule has 0 aromatic rings. The van der Waals surface area contributed by atoms with Crippen molar-refractivity contribution in [1.82, 2.24) is 0 Å². The van der Waals surface area contributed by atoms with Crippen LogP contribution in [-0.2, 0) is 4.79 Å². The van der Waals surface area contributed by atoms with Crippen LogP contribution in [0.3, 0.4) is 0 Å². The molecular formula is C6H14KN2O2. The summed E-state index contributed by atoms with van der Waals surface area (Å²) in [5.41, 5.74) is 10.4. The predicted octanol–water partition coefficient (Wildman–Crippen LogP) is -0.853. The molecule has 4 nitrogen and oxygen atoms in total. The van der Waals surface area contributed by atoms with Crippen LogP contribution < -0.4 is 11.5 Å². The molecule has 0 aliphatic rings. The van der Waals surface area contributed by atoms with Gasteiger partial charge in [0.15, 0.2) is 0 Å². The maximum atomic E-state index is 10.1. The van der Waals surface area contributed by atoms with E-state index in [1.54, 1.807) is 0 Å². The van der Waals surface area contributed by atoms with Gasteiger partial charge in [0.1, 0.15) is 6.04 Å². The van der Waals surface area contributed by atoms with Gasteiger partial charge < -0.3 is 16.6 Å². The van der Waals surface area contributed by atoms with Crippen LogP contribution in [0.1, 0.15) is 19.3 Å². The number of hydrogen-bond donors (Lipinski definition) is 3. The molecule has 0 heterocycles. The zero-order valence-electron chi connectivity index (χ0n) is 6.92. The maximum absolute atomic E-state index is 10.1. The molecule has 0 saturated heterocycles. The molecule has 0 saturated carbocycles. The van der Waals surface area contributed by atoms with Crippen molar-refractivity contribution >= 4 is 57.4 Å². The van der Waals surface area contributed by atoms with Crippen molar-refractivity contribution in [2.75, 3.05) is 6.54 Å². The topological polar surface area (TPSA) is 89.3 Å². The van der Waals surface area contributed by atoms with E-state index in [0.717, 1.165) is 12.8 Å². The number of carboxylic acid groups (broad SMARTS) is 1. The summed E-state index contributed by atoms with van der Waals surface area (Å²) in [6.07, 6.45) is 2.16. The van der Waals surface area contributed by atoms with Gasteiger partial charge in [-0.3, -0.25) is 4.79 Å². The van der Waals surface area contributed by atoms with Crippen LogP contribution in [0, 0.1) is 0 Å². The first-order valence-corrected chi connectivity index (χ1v) is 3.37. The first kappa shape index (κ1) is 14.5. The minimum atomic E-state index is -0.933. The van der Waals surface area contributed by atoms with E-state index < -0.39 is 12.0 Å². The average molecular weight is 185 g/mol. The summed E-state index contributed by atoms with van der Waals surface area (Å²) in [6.45, 7) is 0.604. The number of carboxylic acids is 1.